The minimum absolute atomic E-state index is 0.0274. The molecule has 0 aliphatic heterocycles. The van der Waals surface area contributed by atoms with Gasteiger partial charge in [0, 0.05) is 31.2 Å². The molecule has 0 saturated heterocycles. The topological polar surface area (TPSA) is 29.9 Å². The van der Waals surface area contributed by atoms with E-state index in [9.17, 15) is 4.39 Å². The summed E-state index contributed by atoms with van der Waals surface area (Å²) in [7, 11) is 0. The van der Waals surface area contributed by atoms with Gasteiger partial charge >= 0.3 is 0 Å². The monoisotopic (exact) mass is 287 g/mol. The van der Waals surface area contributed by atoms with Crippen molar-refractivity contribution in [3.05, 3.63) is 46.7 Å². The van der Waals surface area contributed by atoms with Crippen molar-refractivity contribution in [2.75, 3.05) is 11.9 Å². The lowest BCUT2D eigenvalue weighted by Crippen LogP contribution is -2.06. The standard InChI is InChI=1S/C12H12Cl2FN3/c13-10-6-9(7-11(14)12(10)15)17-2-1-4-18-5-3-16-8-18/h3,5-8,17H,1-2,4H2. The van der Waals surface area contributed by atoms with Gasteiger partial charge in [0.15, 0.2) is 5.82 Å². The highest BCUT2D eigenvalue weighted by Crippen LogP contribution is 2.27. The molecule has 0 aliphatic rings. The molecule has 6 heteroatoms. The molecule has 0 bridgehead atoms. The van der Waals surface area contributed by atoms with Gasteiger partial charge in [0.25, 0.3) is 0 Å². The number of aryl methyl sites for hydroxylation is 1. The average molecular weight is 288 g/mol. The van der Waals surface area contributed by atoms with Crippen molar-refractivity contribution >= 4 is 28.9 Å². The van der Waals surface area contributed by atoms with Gasteiger partial charge in [-0.15, -0.1) is 0 Å². The third kappa shape index (κ3) is 3.37. The Balaban J connectivity index is 1.83. The second-order valence-corrected chi connectivity index (χ2v) is 4.65. The molecule has 1 aromatic carbocycles. The average Bonchev–Trinajstić information content (AvgIpc) is 2.84. The van der Waals surface area contributed by atoms with E-state index < -0.39 is 5.82 Å². The molecule has 0 spiro atoms. The molecule has 2 rings (SSSR count). The number of imidazole rings is 1. The van der Waals surface area contributed by atoms with Gasteiger partial charge in [0.1, 0.15) is 0 Å². The van der Waals surface area contributed by atoms with Crippen LogP contribution in [0.25, 0.3) is 0 Å². The maximum absolute atomic E-state index is 13.2. The van der Waals surface area contributed by atoms with E-state index in [1.165, 1.54) is 12.1 Å². The number of benzene rings is 1. The fourth-order valence-electron chi connectivity index (χ4n) is 1.57. The number of aromatic nitrogens is 2. The largest absolute Gasteiger partial charge is 0.385 e. The number of nitrogens with zero attached hydrogens (tertiary/aromatic N) is 2. The van der Waals surface area contributed by atoms with E-state index in [-0.39, 0.29) is 10.0 Å². The van der Waals surface area contributed by atoms with Gasteiger partial charge in [0.05, 0.1) is 16.4 Å². The van der Waals surface area contributed by atoms with Gasteiger partial charge in [-0.25, -0.2) is 9.37 Å². The number of hydrogen-bond donors (Lipinski definition) is 1. The first-order valence-corrected chi connectivity index (χ1v) is 6.26. The Morgan fingerprint density at radius 3 is 2.61 bits per heavy atom. The number of rotatable bonds is 5. The number of nitrogens with one attached hydrogen (secondary N) is 1. The molecular weight excluding hydrogens is 276 g/mol. The van der Waals surface area contributed by atoms with Crippen LogP contribution in [0.4, 0.5) is 10.1 Å². The predicted molar refractivity (Wildman–Crippen MR) is 71.8 cm³/mol. The van der Waals surface area contributed by atoms with Gasteiger partial charge in [-0.1, -0.05) is 23.2 Å². The summed E-state index contributed by atoms with van der Waals surface area (Å²) in [5, 5.41) is 3.20. The summed E-state index contributed by atoms with van der Waals surface area (Å²) in [6.45, 7) is 1.62. The molecule has 0 saturated carbocycles. The minimum atomic E-state index is -0.581. The fraction of sp³-hybridized carbons (Fsp3) is 0.250. The smallest absolute Gasteiger partial charge is 0.160 e. The number of hydrogen-bond acceptors (Lipinski definition) is 2. The zero-order valence-electron chi connectivity index (χ0n) is 9.54. The van der Waals surface area contributed by atoms with Crippen LogP contribution < -0.4 is 5.32 Å². The summed E-state index contributed by atoms with van der Waals surface area (Å²) in [6.07, 6.45) is 6.34. The lowest BCUT2D eigenvalue weighted by molar-refractivity contribution is 0.628. The van der Waals surface area contributed by atoms with Crippen molar-refractivity contribution in [1.29, 1.82) is 0 Å². The van der Waals surface area contributed by atoms with E-state index in [2.05, 4.69) is 10.3 Å². The molecular formula is C12H12Cl2FN3. The summed E-state index contributed by atoms with van der Waals surface area (Å²) in [5.74, 6) is -0.581. The summed E-state index contributed by atoms with van der Waals surface area (Å²) >= 11 is 11.4. The van der Waals surface area contributed by atoms with Gasteiger partial charge in [-0.3, -0.25) is 0 Å². The highest BCUT2D eigenvalue weighted by molar-refractivity contribution is 6.35. The van der Waals surface area contributed by atoms with Crippen LogP contribution in [0.15, 0.2) is 30.9 Å². The molecule has 0 aliphatic carbocycles. The first-order chi connectivity index (χ1) is 8.66. The van der Waals surface area contributed by atoms with Crippen LogP contribution in [-0.2, 0) is 6.54 Å². The van der Waals surface area contributed by atoms with Crippen LogP contribution in [-0.4, -0.2) is 16.1 Å². The molecule has 0 radical (unpaired) electrons. The van der Waals surface area contributed by atoms with Gasteiger partial charge in [-0.05, 0) is 18.6 Å². The third-order valence-corrected chi connectivity index (χ3v) is 3.02. The van der Waals surface area contributed by atoms with Crippen molar-refractivity contribution in [2.45, 2.75) is 13.0 Å². The first kappa shape index (κ1) is 13.2. The zero-order chi connectivity index (χ0) is 13.0. The van der Waals surface area contributed by atoms with E-state index in [0.717, 1.165) is 25.2 Å². The highest BCUT2D eigenvalue weighted by Gasteiger charge is 2.06. The molecule has 3 nitrogen and oxygen atoms in total. The van der Waals surface area contributed by atoms with E-state index in [0.29, 0.717) is 0 Å². The summed E-state index contributed by atoms with van der Waals surface area (Å²) in [4.78, 5) is 3.96. The summed E-state index contributed by atoms with van der Waals surface area (Å²) < 4.78 is 15.2. The van der Waals surface area contributed by atoms with Crippen molar-refractivity contribution in [2.24, 2.45) is 0 Å². The minimum Gasteiger partial charge on any atom is -0.385 e. The number of halogens is 3. The highest BCUT2D eigenvalue weighted by atomic mass is 35.5. The normalized spacial score (nSPS) is 10.6. The maximum Gasteiger partial charge on any atom is 0.160 e. The number of anilines is 1. The van der Waals surface area contributed by atoms with Crippen LogP contribution in [0.2, 0.25) is 10.0 Å². The van der Waals surface area contributed by atoms with E-state index >= 15 is 0 Å². The van der Waals surface area contributed by atoms with Crippen molar-refractivity contribution < 1.29 is 4.39 Å². The van der Waals surface area contributed by atoms with E-state index in [1.54, 1.807) is 12.5 Å². The first-order valence-electron chi connectivity index (χ1n) is 5.51. The van der Waals surface area contributed by atoms with Gasteiger partial charge < -0.3 is 9.88 Å². The molecule has 0 fully saturated rings. The maximum atomic E-state index is 13.2. The Morgan fingerprint density at radius 1 is 1.28 bits per heavy atom. The third-order valence-electron chi connectivity index (χ3n) is 2.47. The molecule has 1 N–H and O–H groups in total. The van der Waals surface area contributed by atoms with Crippen LogP contribution >= 0.6 is 23.2 Å². The molecule has 0 atom stereocenters. The second-order valence-electron chi connectivity index (χ2n) is 3.83. The molecule has 96 valence electrons. The van der Waals surface area contributed by atoms with Crippen LogP contribution in [0.5, 0.6) is 0 Å². The second kappa shape index (κ2) is 6.07. The summed E-state index contributed by atoms with van der Waals surface area (Å²) in [5.41, 5.74) is 0.719. The molecule has 18 heavy (non-hydrogen) atoms. The van der Waals surface area contributed by atoms with Gasteiger partial charge in [-0.2, -0.15) is 0 Å². The Kier molecular flexibility index (Phi) is 4.44. The zero-order valence-corrected chi connectivity index (χ0v) is 11.0. The molecule has 1 aromatic heterocycles. The fourth-order valence-corrected chi connectivity index (χ4v) is 2.06. The Labute approximate surface area is 115 Å². The lowest BCUT2D eigenvalue weighted by Gasteiger charge is -2.08. The van der Waals surface area contributed by atoms with Crippen LogP contribution in [0.3, 0.4) is 0 Å². The molecule has 2 aromatic rings. The van der Waals surface area contributed by atoms with Crippen LogP contribution in [0.1, 0.15) is 6.42 Å². The lowest BCUT2D eigenvalue weighted by atomic mass is 10.3. The van der Waals surface area contributed by atoms with Crippen molar-refractivity contribution in [3.63, 3.8) is 0 Å². The van der Waals surface area contributed by atoms with Crippen molar-refractivity contribution in [3.8, 4) is 0 Å². The van der Waals surface area contributed by atoms with Crippen molar-refractivity contribution in [1.82, 2.24) is 9.55 Å². The molecule has 0 amide bonds. The summed E-state index contributed by atoms with van der Waals surface area (Å²) in [6, 6.07) is 3.06. The Hall–Kier alpha value is -1.26. The predicted octanol–water partition coefficient (Wildman–Crippen LogP) is 3.83. The quantitative estimate of drug-likeness (QED) is 0.669. The Morgan fingerprint density at radius 2 is 2.00 bits per heavy atom. The van der Waals surface area contributed by atoms with Gasteiger partial charge in [0.2, 0.25) is 0 Å². The molecule has 0 unspecified atom stereocenters. The SMILES string of the molecule is Fc1c(Cl)cc(NCCCn2ccnc2)cc1Cl. The Bertz CT molecular complexity index is 491. The molecule has 1 heterocycles. The van der Waals surface area contributed by atoms with Crippen LogP contribution in [0, 0.1) is 5.82 Å². The van der Waals surface area contributed by atoms with E-state index in [1.807, 2.05) is 10.8 Å². The van der Waals surface area contributed by atoms with E-state index in [4.69, 9.17) is 23.2 Å².